The fourth-order valence-corrected chi connectivity index (χ4v) is 2.81. The van der Waals surface area contributed by atoms with Gasteiger partial charge >= 0.3 is 0 Å². The summed E-state index contributed by atoms with van der Waals surface area (Å²) in [7, 11) is 3.38. The summed E-state index contributed by atoms with van der Waals surface area (Å²) in [6, 6.07) is 4.06. The van der Waals surface area contributed by atoms with Crippen molar-refractivity contribution in [1.82, 2.24) is 0 Å². The van der Waals surface area contributed by atoms with Crippen molar-refractivity contribution >= 4 is 0 Å². The van der Waals surface area contributed by atoms with E-state index < -0.39 is 0 Å². The number of nitrogens with two attached hydrogens (primary N) is 1. The summed E-state index contributed by atoms with van der Waals surface area (Å²) in [4.78, 5) is 0. The number of benzene rings is 1. The normalized spacial score (nSPS) is 21.9. The summed E-state index contributed by atoms with van der Waals surface area (Å²) in [5, 5.41) is 0. The summed E-state index contributed by atoms with van der Waals surface area (Å²) in [5.41, 5.74) is 9.06. The maximum Gasteiger partial charge on any atom is 0.126 e. The number of hydrogen-bond donors (Lipinski definition) is 1. The van der Waals surface area contributed by atoms with Gasteiger partial charge in [-0.3, -0.25) is 0 Å². The Kier molecular flexibility index (Phi) is 3.53. The van der Waals surface area contributed by atoms with Gasteiger partial charge in [-0.15, -0.1) is 0 Å². The first kappa shape index (κ1) is 13.2. The van der Waals surface area contributed by atoms with Crippen LogP contribution < -0.4 is 15.2 Å². The lowest BCUT2D eigenvalue weighted by molar-refractivity contribution is 0.293. The number of fused-ring (bicyclic) bond motifs is 1. The molecule has 1 aromatic rings. The highest BCUT2D eigenvalue weighted by atomic mass is 16.5. The van der Waals surface area contributed by atoms with Crippen molar-refractivity contribution in [2.24, 2.45) is 11.1 Å². The average Bonchev–Trinajstić information content (AvgIpc) is 2.45. The molecule has 0 radical (unpaired) electrons. The predicted molar refractivity (Wildman–Crippen MR) is 73.2 cm³/mol. The third-order valence-electron chi connectivity index (χ3n) is 3.90. The first-order valence-electron chi connectivity index (χ1n) is 6.47. The van der Waals surface area contributed by atoms with Gasteiger partial charge in [0, 0.05) is 12.1 Å². The van der Waals surface area contributed by atoms with E-state index in [1.54, 1.807) is 14.2 Å². The van der Waals surface area contributed by atoms with E-state index in [1.165, 1.54) is 11.1 Å². The average molecular weight is 249 g/mol. The molecular formula is C15H23NO2. The third kappa shape index (κ3) is 2.46. The zero-order valence-electron chi connectivity index (χ0n) is 11.7. The molecule has 3 nitrogen and oxygen atoms in total. The molecule has 100 valence electrons. The van der Waals surface area contributed by atoms with E-state index in [0.717, 1.165) is 30.8 Å². The maximum atomic E-state index is 6.36. The van der Waals surface area contributed by atoms with Crippen LogP contribution in [0.2, 0.25) is 0 Å². The second-order valence-electron chi connectivity index (χ2n) is 5.87. The van der Waals surface area contributed by atoms with E-state index in [4.69, 9.17) is 15.2 Å². The van der Waals surface area contributed by atoms with E-state index >= 15 is 0 Å². The molecule has 2 N–H and O–H groups in total. The van der Waals surface area contributed by atoms with Gasteiger partial charge in [0.15, 0.2) is 0 Å². The van der Waals surface area contributed by atoms with Crippen LogP contribution in [-0.2, 0) is 6.42 Å². The molecule has 0 fully saturated rings. The topological polar surface area (TPSA) is 44.5 Å². The minimum absolute atomic E-state index is 0.0569. The summed E-state index contributed by atoms with van der Waals surface area (Å²) in [6.45, 7) is 4.56. The van der Waals surface area contributed by atoms with E-state index in [9.17, 15) is 0 Å². The van der Waals surface area contributed by atoms with Crippen molar-refractivity contribution in [2.45, 2.75) is 39.2 Å². The quantitative estimate of drug-likeness (QED) is 0.819. The first-order chi connectivity index (χ1) is 8.46. The molecular weight excluding hydrogens is 226 g/mol. The fraction of sp³-hybridized carbons (Fsp3) is 0.600. The van der Waals surface area contributed by atoms with Crippen LogP contribution in [0.1, 0.15) is 43.9 Å². The molecule has 0 amide bonds. The van der Waals surface area contributed by atoms with Gasteiger partial charge < -0.3 is 15.2 Å². The van der Waals surface area contributed by atoms with Crippen LogP contribution in [0.15, 0.2) is 12.1 Å². The number of ether oxygens (including phenoxy) is 2. The lowest BCUT2D eigenvalue weighted by atomic mass is 9.83. The number of methoxy groups -OCH3 is 2. The molecule has 1 aliphatic carbocycles. The Morgan fingerprint density at radius 1 is 1.22 bits per heavy atom. The summed E-state index contributed by atoms with van der Waals surface area (Å²) in [6.07, 6.45) is 3.15. The molecule has 0 aliphatic heterocycles. The Labute approximate surface area is 109 Å². The van der Waals surface area contributed by atoms with Crippen molar-refractivity contribution in [3.05, 3.63) is 23.3 Å². The molecule has 18 heavy (non-hydrogen) atoms. The Balaban J connectivity index is 2.50. The van der Waals surface area contributed by atoms with Crippen molar-refractivity contribution in [3.63, 3.8) is 0 Å². The van der Waals surface area contributed by atoms with E-state index in [-0.39, 0.29) is 11.5 Å². The third-order valence-corrected chi connectivity index (χ3v) is 3.90. The molecule has 0 aromatic heterocycles. The van der Waals surface area contributed by atoms with Crippen LogP contribution in [-0.4, -0.2) is 14.2 Å². The van der Waals surface area contributed by atoms with Gasteiger partial charge in [0.05, 0.1) is 14.2 Å². The largest absolute Gasteiger partial charge is 0.497 e. The van der Waals surface area contributed by atoms with Crippen molar-refractivity contribution < 1.29 is 9.47 Å². The van der Waals surface area contributed by atoms with Crippen LogP contribution in [0.4, 0.5) is 0 Å². The highest BCUT2D eigenvalue weighted by molar-refractivity contribution is 5.48. The van der Waals surface area contributed by atoms with Gasteiger partial charge in [-0.1, -0.05) is 13.8 Å². The summed E-state index contributed by atoms with van der Waals surface area (Å²) in [5.74, 6) is 1.72. The van der Waals surface area contributed by atoms with Crippen LogP contribution in [0, 0.1) is 5.41 Å². The Hall–Kier alpha value is -1.22. The molecule has 1 aliphatic rings. The molecule has 0 spiro atoms. The van der Waals surface area contributed by atoms with E-state index in [0.29, 0.717) is 0 Å². The molecule has 3 heteroatoms. The molecule has 1 unspecified atom stereocenters. The number of hydrogen-bond acceptors (Lipinski definition) is 3. The molecule has 0 bridgehead atoms. The lowest BCUT2D eigenvalue weighted by Crippen LogP contribution is -2.19. The van der Waals surface area contributed by atoms with Crippen LogP contribution in [0.25, 0.3) is 0 Å². The molecule has 0 saturated carbocycles. The summed E-state index contributed by atoms with van der Waals surface area (Å²) < 4.78 is 10.8. The fourth-order valence-electron chi connectivity index (χ4n) is 2.81. The van der Waals surface area contributed by atoms with Crippen molar-refractivity contribution in [3.8, 4) is 11.5 Å². The van der Waals surface area contributed by atoms with Gasteiger partial charge in [-0.05, 0) is 41.9 Å². The van der Waals surface area contributed by atoms with Gasteiger partial charge in [0.2, 0.25) is 0 Å². The van der Waals surface area contributed by atoms with Crippen molar-refractivity contribution in [2.75, 3.05) is 14.2 Å². The van der Waals surface area contributed by atoms with E-state index in [1.807, 2.05) is 6.07 Å². The SMILES string of the molecule is COc1cc(OC)c2c(c1)C(N)CC(C)(C)CC2. The lowest BCUT2D eigenvalue weighted by Gasteiger charge is -2.24. The molecule has 2 rings (SSSR count). The maximum absolute atomic E-state index is 6.36. The van der Waals surface area contributed by atoms with Crippen LogP contribution in [0.5, 0.6) is 11.5 Å². The zero-order chi connectivity index (χ0) is 13.3. The predicted octanol–water partition coefficient (Wildman–Crippen LogP) is 3.07. The Bertz CT molecular complexity index is 440. The first-order valence-corrected chi connectivity index (χ1v) is 6.47. The number of rotatable bonds is 2. The monoisotopic (exact) mass is 249 g/mol. The van der Waals surface area contributed by atoms with Crippen LogP contribution in [0.3, 0.4) is 0 Å². The smallest absolute Gasteiger partial charge is 0.126 e. The highest BCUT2D eigenvalue weighted by Gasteiger charge is 2.29. The Morgan fingerprint density at radius 3 is 2.56 bits per heavy atom. The van der Waals surface area contributed by atoms with Gasteiger partial charge in [-0.2, -0.15) is 0 Å². The summed E-state index contributed by atoms with van der Waals surface area (Å²) >= 11 is 0. The standard InChI is InChI=1S/C15H23NO2/c1-15(2)6-5-11-12(13(16)9-15)7-10(17-3)8-14(11)18-4/h7-8,13H,5-6,9,16H2,1-4H3. The van der Waals surface area contributed by atoms with Gasteiger partial charge in [0.1, 0.15) is 11.5 Å². The second kappa shape index (κ2) is 4.81. The molecule has 0 heterocycles. The Morgan fingerprint density at radius 2 is 1.94 bits per heavy atom. The zero-order valence-corrected chi connectivity index (χ0v) is 11.7. The molecule has 1 atom stereocenters. The second-order valence-corrected chi connectivity index (χ2v) is 5.87. The van der Waals surface area contributed by atoms with Crippen LogP contribution >= 0.6 is 0 Å². The molecule has 0 saturated heterocycles. The minimum Gasteiger partial charge on any atom is -0.497 e. The van der Waals surface area contributed by atoms with Gasteiger partial charge in [-0.25, -0.2) is 0 Å². The van der Waals surface area contributed by atoms with E-state index in [2.05, 4.69) is 19.9 Å². The highest BCUT2D eigenvalue weighted by Crippen LogP contribution is 2.42. The van der Waals surface area contributed by atoms with Crippen molar-refractivity contribution in [1.29, 1.82) is 0 Å². The van der Waals surface area contributed by atoms with Gasteiger partial charge in [0.25, 0.3) is 0 Å². The minimum atomic E-state index is 0.0569. The molecule has 1 aromatic carbocycles.